The topological polar surface area (TPSA) is 56.6 Å². The second-order valence-electron chi connectivity index (χ2n) is 6.90. The molecule has 2 aromatic carbocycles. The maximum absolute atomic E-state index is 5.37. The van der Waals surface area contributed by atoms with E-state index >= 15 is 0 Å². The molecule has 3 aromatic rings. The van der Waals surface area contributed by atoms with Crippen molar-refractivity contribution >= 4 is 17.1 Å². The van der Waals surface area contributed by atoms with E-state index in [1.165, 1.54) is 11.3 Å². The molecule has 0 bridgehead atoms. The van der Waals surface area contributed by atoms with Crippen LogP contribution in [0.4, 0.5) is 17.1 Å². The Kier molecular flexibility index (Phi) is 4.79. The molecule has 0 unspecified atom stereocenters. The number of aryl methyl sites for hydroxylation is 3. The Hall–Kier alpha value is -3.25. The molecular weight excluding hydrogens is 350 g/mol. The summed E-state index contributed by atoms with van der Waals surface area (Å²) in [7, 11) is 0. The summed E-state index contributed by atoms with van der Waals surface area (Å²) < 4.78 is 5.37. The van der Waals surface area contributed by atoms with Crippen LogP contribution in [0.5, 0.6) is 0 Å². The molecule has 0 saturated carbocycles. The van der Waals surface area contributed by atoms with Gasteiger partial charge in [-0.1, -0.05) is 17.3 Å². The molecule has 1 aromatic heterocycles. The highest BCUT2D eigenvalue weighted by Crippen LogP contribution is 2.35. The molecule has 6 nitrogen and oxygen atoms in total. The molecule has 6 heteroatoms. The highest BCUT2D eigenvalue weighted by atomic mass is 16.5. The van der Waals surface area contributed by atoms with Gasteiger partial charge in [0.2, 0.25) is 0 Å². The maximum Gasteiger partial charge on any atom is 0.141 e. The van der Waals surface area contributed by atoms with Gasteiger partial charge in [0.1, 0.15) is 5.76 Å². The minimum absolute atomic E-state index is 0.847. The van der Waals surface area contributed by atoms with Gasteiger partial charge < -0.3 is 14.8 Å². The average molecular weight is 375 g/mol. The Balaban J connectivity index is 1.70. The van der Waals surface area contributed by atoms with Gasteiger partial charge in [0.05, 0.1) is 11.4 Å². The van der Waals surface area contributed by atoms with E-state index in [2.05, 4.69) is 77.3 Å². The van der Waals surface area contributed by atoms with Crippen LogP contribution in [0.15, 0.2) is 59.4 Å². The van der Waals surface area contributed by atoms with Gasteiger partial charge in [0, 0.05) is 35.9 Å². The average Bonchev–Trinajstić information content (AvgIpc) is 3.35. The molecule has 2 N–H and O–H groups in total. The maximum atomic E-state index is 5.37. The number of aromatic nitrogens is 1. The van der Waals surface area contributed by atoms with E-state index in [4.69, 9.17) is 4.52 Å². The predicted octanol–water partition coefficient (Wildman–Crippen LogP) is 4.73. The first-order chi connectivity index (χ1) is 13.6. The van der Waals surface area contributed by atoms with Crippen LogP contribution in [-0.4, -0.2) is 11.7 Å². The van der Waals surface area contributed by atoms with E-state index in [0.717, 1.165) is 40.5 Å². The lowest BCUT2D eigenvalue weighted by Crippen LogP contribution is -2.35. The zero-order valence-electron chi connectivity index (χ0n) is 16.7. The fraction of sp³-hybridized carbons (Fsp3) is 0.227. The van der Waals surface area contributed by atoms with Gasteiger partial charge in [-0.15, -0.1) is 5.53 Å². The molecule has 0 amide bonds. The Bertz CT molecular complexity index is 987. The molecule has 144 valence electrons. The Morgan fingerprint density at radius 3 is 2.46 bits per heavy atom. The molecule has 1 aliphatic heterocycles. The molecule has 1 aliphatic rings. The molecule has 0 radical (unpaired) electrons. The fourth-order valence-corrected chi connectivity index (χ4v) is 3.64. The molecule has 28 heavy (non-hydrogen) atoms. The molecule has 2 heterocycles. The Labute approximate surface area is 165 Å². The van der Waals surface area contributed by atoms with Gasteiger partial charge in [-0.3, -0.25) is 5.01 Å². The summed E-state index contributed by atoms with van der Waals surface area (Å²) >= 11 is 0. The quantitative estimate of drug-likeness (QED) is 0.673. The summed E-state index contributed by atoms with van der Waals surface area (Å²) in [6, 6.07) is 15.0. The predicted molar refractivity (Wildman–Crippen MR) is 113 cm³/mol. The molecular formula is C22H25N5O. The Morgan fingerprint density at radius 1 is 1.07 bits per heavy atom. The summed E-state index contributed by atoms with van der Waals surface area (Å²) in [4.78, 5) is 2.33. The van der Waals surface area contributed by atoms with Crippen molar-refractivity contribution in [3.63, 3.8) is 0 Å². The summed E-state index contributed by atoms with van der Waals surface area (Å²) in [5, 5.41) is 6.04. The number of hydrogen-bond donors (Lipinski definition) is 2. The van der Waals surface area contributed by atoms with Crippen LogP contribution in [0.2, 0.25) is 0 Å². The second-order valence-corrected chi connectivity index (χ2v) is 6.90. The van der Waals surface area contributed by atoms with E-state index in [9.17, 15) is 0 Å². The summed E-state index contributed by atoms with van der Waals surface area (Å²) in [5.41, 5.74) is 13.8. The SMILES string of the molecule is CCN(c1ccc(N2C=CNN2)cc1)c1cc(-c2c(C)noc2C)ccc1C. The molecule has 4 rings (SSSR count). The lowest BCUT2D eigenvalue weighted by molar-refractivity contribution is 0.393. The number of hydrazine groups is 2. The van der Waals surface area contributed by atoms with E-state index in [-0.39, 0.29) is 0 Å². The minimum Gasteiger partial charge on any atom is -0.361 e. The third kappa shape index (κ3) is 3.23. The first-order valence-electron chi connectivity index (χ1n) is 9.47. The Morgan fingerprint density at radius 2 is 1.86 bits per heavy atom. The van der Waals surface area contributed by atoms with Gasteiger partial charge in [-0.2, -0.15) is 0 Å². The van der Waals surface area contributed by atoms with E-state index in [1.54, 1.807) is 0 Å². The van der Waals surface area contributed by atoms with Crippen molar-refractivity contribution in [3.05, 3.63) is 71.9 Å². The van der Waals surface area contributed by atoms with E-state index in [0.29, 0.717) is 0 Å². The van der Waals surface area contributed by atoms with Crippen LogP contribution >= 0.6 is 0 Å². The lowest BCUT2D eigenvalue weighted by Gasteiger charge is -2.26. The van der Waals surface area contributed by atoms with Crippen molar-refractivity contribution in [2.24, 2.45) is 0 Å². The van der Waals surface area contributed by atoms with Gasteiger partial charge in [-0.25, -0.2) is 0 Å². The van der Waals surface area contributed by atoms with Gasteiger partial charge in [0.15, 0.2) is 0 Å². The van der Waals surface area contributed by atoms with Crippen molar-refractivity contribution in [3.8, 4) is 11.1 Å². The van der Waals surface area contributed by atoms with Crippen LogP contribution < -0.4 is 20.9 Å². The summed E-state index contributed by atoms with van der Waals surface area (Å²) in [5.74, 6) is 0.847. The number of nitrogens with zero attached hydrogens (tertiary/aromatic N) is 3. The van der Waals surface area contributed by atoms with Gasteiger partial charge in [0.25, 0.3) is 0 Å². The highest BCUT2D eigenvalue weighted by molar-refractivity contribution is 5.76. The third-order valence-electron chi connectivity index (χ3n) is 5.07. The molecule has 0 aliphatic carbocycles. The fourth-order valence-electron chi connectivity index (χ4n) is 3.64. The first-order valence-corrected chi connectivity index (χ1v) is 9.47. The number of benzene rings is 2. The zero-order chi connectivity index (χ0) is 19.7. The molecule has 0 fully saturated rings. The van der Waals surface area contributed by atoms with E-state index < -0.39 is 0 Å². The standard InChI is InChI=1S/C22H25N5O/c1-5-26(19-8-10-20(11-9-19)27-13-12-23-25-27)21-14-18(7-6-15(21)2)22-16(3)24-28-17(22)4/h6-14,23,25H,5H2,1-4H3. The van der Waals surface area contributed by atoms with Crippen LogP contribution in [0.25, 0.3) is 11.1 Å². The summed E-state index contributed by atoms with van der Waals surface area (Å²) in [6.07, 6.45) is 3.81. The van der Waals surface area contributed by atoms with E-state index in [1.807, 2.05) is 31.3 Å². The number of nitrogens with one attached hydrogen (secondary N) is 2. The lowest BCUT2D eigenvalue weighted by atomic mass is 10.0. The second kappa shape index (κ2) is 7.40. The zero-order valence-corrected chi connectivity index (χ0v) is 16.7. The molecule has 0 spiro atoms. The van der Waals surface area contributed by atoms with Crippen LogP contribution in [0, 0.1) is 20.8 Å². The van der Waals surface area contributed by atoms with Crippen LogP contribution in [0.3, 0.4) is 0 Å². The van der Waals surface area contributed by atoms with Crippen molar-refractivity contribution in [1.29, 1.82) is 0 Å². The number of rotatable bonds is 5. The van der Waals surface area contributed by atoms with Crippen LogP contribution in [-0.2, 0) is 0 Å². The van der Waals surface area contributed by atoms with Crippen LogP contribution in [0.1, 0.15) is 23.9 Å². The van der Waals surface area contributed by atoms with Crippen molar-refractivity contribution in [1.82, 2.24) is 16.1 Å². The van der Waals surface area contributed by atoms with Crippen molar-refractivity contribution in [2.45, 2.75) is 27.7 Å². The van der Waals surface area contributed by atoms with Gasteiger partial charge >= 0.3 is 0 Å². The van der Waals surface area contributed by atoms with Gasteiger partial charge in [-0.05, 0) is 69.2 Å². The highest BCUT2D eigenvalue weighted by Gasteiger charge is 2.16. The first kappa shape index (κ1) is 18.1. The normalized spacial score (nSPS) is 13.1. The molecule has 0 saturated heterocycles. The third-order valence-corrected chi connectivity index (χ3v) is 5.07. The number of hydrogen-bond acceptors (Lipinski definition) is 6. The minimum atomic E-state index is 0.847. The monoisotopic (exact) mass is 375 g/mol. The smallest absolute Gasteiger partial charge is 0.141 e. The van der Waals surface area contributed by atoms with Crippen molar-refractivity contribution < 1.29 is 4.52 Å². The molecule has 0 atom stereocenters. The summed E-state index contributed by atoms with van der Waals surface area (Å²) in [6.45, 7) is 9.13. The van der Waals surface area contributed by atoms with Crippen molar-refractivity contribution in [2.75, 3.05) is 16.5 Å². The number of anilines is 3. The largest absolute Gasteiger partial charge is 0.361 e.